The molecule has 1 N–H and O–H groups in total. The van der Waals surface area contributed by atoms with Gasteiger partial charge in [0.2, 0.25) is 5.13 Å². The van der Waals surface area contributed by atoms with Crippen molar-refractivity contribution < 1.29 is 19.4 Å². The van der Waals surface area contributed by atoms with Crippen LogP contribution in [0.15, 0.2) is 76.6 Å². The molecule has 3 heterocycles. The summed E-state index contributed by atoms with van der Waals surface area (Å²) in [7, 11) is 0. The number of halogens is 2. The Hall–Kier alpha value is -3.37. The zero-order valence-electron chi connectivity index (χ0n) is 21.0. The fourth-order valence-corrected chi connectivity index (χ4v) is 6.98. The molecule has 7 nitrogen and oxygen atoms in total. The average molecular weight is 611 g/mol. The van der Waals surface area contributed by atoms with E-state index in [1.54, 1.807) is 42.5 Å². The molecule has 1 saturated heterocycles. The lowest BCUT2D eigenvalue weighted by Gasteiger charge is -2.22. The summed E-state index contributed by atoms with van der Waals surface area (Å²) < 4.78 is 6.41. The first-order valence-electron chi connectivity index (χ1n) is 12.4. The number of anilines is 1. The second kappa shape index (κ2) is 10.9. The Balaban J connectivity index is 1.38. The Labute approximate surface area is 248 Å². The number of rotatable bonds is 6. The lowest BCUT2D eigenvalue weighted by molar-refractivity contribution is -0.132. The van der Waals surface area contributed by atoms with Gasteiger partial charge in [-0.2, -0.15) is 0 Å². The van der Waals surface area contributed by atoms with Gasteiger partial charge in [0.25, 0.3) is 5.78 Å². The van der Waals surface area contributed by atoms with Crippen molar-refractivity contribution in [3.05, 3.63) is 105 Å². The lowest BCUT2D eigenvalue weighted by atomic mass is 9.94. The van der Waals surface area contributed by atoms with Gasteiger partial charge in [-0.15, -0.1) is 10.2 Å². The summed E-state index contributed by atoms with van der Waals surface area (Å²) in [5.41, 5.74) is 2.94. The van der Waals surface area contributed by atoms with Gasteiger partial charge in [0, 0.05) is 27.8 Å². The number of amides is 1. The number of carbonyl (C=O) groups is 2. The number of thioether (sulfide) groups is 1. The Morgan fingerprint density at radius 3 is 2.65 bits per heavy atom. The van der Waals surface area contributed by atoms with Crippen molar-refractivity contribution in [2.24, 2.45) is 0 Å². The number of aliphatic hydroxyl groups is 1. The summed E-state index contributed by atoms with van der Waals surface area (Å²) >= 11 is 14.9. The Kier molecular flexibility index (Phi) is 7.31. The second-order valence-corrected chi connectivity index (χ2v) is 12.5. The van der Waals surface area contributed by atoms with E-state index in [2.05, 4.69) is 10.2 Å². The second-order valence-electron chi connectivity index (χ2n) is 9.44. The SMILES string of the molecule is C[C@H]1Cc2cc(C(O)=C3C(=O)C(=O)N(c4nnc(SCc5ccc(Cl)cc5)s4)[C@@H]3c3cccc(Cl)c3)ccc2O1. The van der Waals surface area contributed by atoms with E-state index in [0.717, 1.165) is 16.9 Å². The number of ketones is 1. The smallest absolute Gasteiger partial charge is 0.301 e. The molecule has 3 aromatic carbocycles. The number of aromatic nitrogens is 2. The normalized spacial score (nSPS) is 19.6. The van der Waals surface area contributed by atoms with Crippen LogP contribution in [0.1, 0.15) is 35.2 Å². The van der Waals surface area contributed by atoms with Gasteiger partial charge in [-0.1, -0.05) is 70.6 Å². The molecule has 11 heteroatoms. The quantitative estimate of drug-likeness (QED) is 0.0820. The number of carbonyl (C=O) groups excluding carboxylic acids is 2. The number of nitrogens with zero attached hydrogens (tertiary/aromatic N) is 3. The van der Waals surface area contributed by atoms with Crippen molar-refractivity contribution in [3.63, 3.8) is 0 Å². The van der Waals surface area contributed by atoms with Crippen molar-refractivity contribution in [1.29, 1.82) is 0 Å². The number of hydrogen-bond donors (Lipinski definition) is 1. The molecule has 0 bridgehead atoms. The van der Waals surface area contributed by atoms with Crippen molar-refractivity contribution in [2.75, 3.05) is 4.90 Å². The van der Waals surface area contributed by atoms with Gasteiger partial charge >= 0.3 is 5.91 Å². The van der Waals surface area contributed by atoms with E-state index in [1.165, 1.54) is 28.0 Å². The number of ether oxygens (including phenoxy) is 1. The average Bonchev–Trinajstić information content (AvgIpc) is 3.63. The fraction of sp³-hybridized carbons (Fsp3) is 0.172. The van der Waals surface area contributed by atoms with Gasteiger partial charge in [0.05, 0.1) is 11.6 Å². The van der Waals surface area contributed by atoms with Gasteiger partial charge < -0.3 is 9.84 Å². The zero-order chi connectivity index (χ0) is 28.0. The number of hydrogen-bond acceptors (Lipinski definition) is 8. The van der Waals surface area contributed by atoms with Crippen LogP contribution in [0.25, 0.3) is 5.76 Å². The predicted octanol–water partition coefficient (Wildman–Crippen LogP) is 7.09. The molecule has 6 rings (SSSR count). The van der Waals surface area contributed by atoms with E-state index >= 15 is 0 Å². The highest BCUT2D eigenvalue weighted by molar-refractivity contribution is 8.00. The van der Waals surface area contributed by atoms with Crippen LogP contribution in [-0.2, 0) is 21.8 Å². The molecule has 0 saturated carbocycles. The summed E-state index contributed by atoms with van der Waals surface area (Å²) in [6.07, 6.45) is 0.706. The van der Waals surface area contributed by atoms with Crippen molar-refractivity contribution in [1.82, 2.24) is 10.2 Å². The van der Waals surface area contributed by atoms with Crippen LogP contribution < -0.4 is 9.64 Å². The molecule has 4 aromatic rings. The molecule has 0 radical (unpaired) electrons. The highest BCUT2D eigenvalue weighted by Crippen LogP contribution is 2.45. The minimum absolute atomic E-state index is 0.0218. The zero-order valence-corrected chi connectivity index (χ0v) is 24.2. The maximum Gasteiger partial charge on any atom is 0.301 e. The minimum Gasteiger partial charge on any atom is -0.507 e. The molecule has 2 aliphatic rings. The Morgan fingerprint density at radius 1 is 1.07 bits per heavy atom. The molecule has 1 aromatic heterocycles. The third-order valence-corrected chi connectivity index (χ3v) is 9.27. The summed E-state index contributed by atoms with van der Waals surface area (Å²) in [4.78, 5) is 28.2. The third kappa shape index (κ3) is 5.10. The van der Waals surface area contributed by atoms with Crippen LogP contribution in [0.4, 0.5) is 5.13 Å². The molecule has 1 fully saturated rings. The van der Waals surface area contributed by atoms with Gasteiger partial charge in [-0.05, 0) is 66.1 Å². The van der Waals surface area contributed by atoms with Gasteiger partial charge in [0.15, 0.2) is 4.34 Å². The van der Waals surface area contributed by atoms with Crippen molar-refractivity contribution in [2.45, 2.75) is 35.6 Å². The van der Waals surface area contributed by atoms with Crippen LogP contribution in [0.5, 0.6) is 5.75 Å². The summed E-state index contributed by atoms with van der Waals surface area (Å²) in [6, 6.07) is 18.7. The maximum atomic E-state index is 13.5. The first kappa shape index (κ1) is 26.8. The molecule has 0 spiro atoms. The van der Waals surface area contributed by atoms with Crippen LogP contribution in [0.2, 0.25) is 10.0 Å². The number of Topliss-reactive ketones (excluding diaryl/α,β-unsaturated/α-hetero) is 1. The number of aliphatic hydroxyl groups excluding tert-OH is 1. The summed E-state index contributed by atoms with van der Waals surface area (Å²) in [5.74, 6) is -0.500. The molecule has 2 atom stereocenters. The van der Waals surface area contributed by atoms with E-state index in [1.807, 2.05) is 31.2 Å². The molecule has 2 aliphatic heterocycles. The van der Waals surface area contributed by atoms with E-state index in [9.17, 15) is 14.7 Å². The highest BCUT2D eigenvalue weighted by atomic mass is 35.5. The highest BCUT2D eigenvalue weighted by Gasteiger charge is 2.48. The van der Waals surface area contributed by atoms with E-state index in [-0.39, 0.29) is 22.6 Å². The van der Waals surface area contributed by atoms with Gasteiger partial charge in [-0.3, -0.25) is 14.5 Å². The first-order chi connectivity index (χ1) is 19.3. The molecular formula is C29H21Cl2N3O4S2. The summed E-state index contributed by atoms with van der Waals surface area (Å²) in [5, 5.41) is 21.3. The Morgan fingerprint density at radius 2 is 1.88 bits per heavy atom. The third-order valence-electron chi connectivity index (χ3n) is 6.66. The molecule has 0 aliphatic carbocycles. The Bertz CT molecular complexity index is 1670. The molecule has 1 amide bonds. The molecule has 40 heavy (non-hydrogen) atoms. The first-order valence-corrected chi connectivity index (χ1v) is 14.9. The predicted molar refractivity (Wildman–Crippen MR) is 157 cm³/mol. The standard InChI is InChI=1S/C29H21Cl2N3O4S2/c1-15-11-19-12-18(7-10-22(19)38-15)25(35)23-24(17-3-2-4-21(31)13-17)34(27(37)26(23)36)28-32-33-29(40-28)39-14-16-5-8-20(30)9-6-16/h2-10,12-13,15,24,35H,11,14H2,1H3/t15-,24+/m0/s1. The topological polar surface area (TPSA) is 92.6 Å². The minimum atomic E-state index is -0.941. The van der Waals surface area contributed by atoms with Crippen LogP contribution in [0.3, 0.4) is 0 Å². The van der Waals surface area contributed by atoms with E-state index in [0.29, 0.717) is 37.7 Å². The van der Waals surface area contributed by atoms with Crippen molar-refractivity contribution >= 4 is 68.9 Å². The van der Waals surface area contributed by atoms with Crippen LogP contribution in [-0.4, -0.2) is 33.1 Å². The van der Waals surface area contributed by atoms with Crippen LogP contribution in [0, 0.1) is 0 Å². The van der Waals surface area contributed by atoms with E-state index < -0.39 is 17.7 Å². The monoisotopic (exact) mass is 609 g/mol. The van der Waals surface area contributed by atoms with Crippen molar-refractivity contribution in [3.8, 4) is 5.75 Å². The lowest BCUT2D eigenvalue weighted by Crippen LogP contribution is -2.29. The number of fused-ring (bicyclic) bond motifs is 1. The molecule has 202 valence electrons. The largest absolute Gasteiger partial charge is 0.507 e. The van der Waals surface area contributed by atoms with E-state index in [4.69, 9.17) is 27.9 Å². The molecule has 0 unspecified atom stereocenters. The van der Waals surface area contributed by atoms with Gasteiger partial charge in [-0.25, -0.2) is 0 Å². The maximum absolute atomic E-state index is 13.5. The molecular weight excluding hydrogens is 589 g/mol. The number of benzene rings is 3. The summed E-state index contributed by atoms with van der Waals surface area (Å²) in [6.45, 7) is 1.97. The van der Waals surface area contributed by atoms with Crippen LogP contribution >= 0.6 is 46.3 Å². The fourth-order valence-electron chi connectivity index (χ4n) is 4.83. The van der Waals surface area contributed by atoms with Gasteiger partial charge in [0.1, 0.15) is 17.6 Å².